The average molecular weight is 175 g/mol. The van der Waals surface area contributed by atoms with Gasteiger partial charge < -0.3 is 10.7 Å². The Morgan fingerprint density at radius 1 is 1.38 bits per heavy atom. The van der Waals surface area contributed by atoms with Crippen LogP contribution in [-0.4, -0.2) is 18.7 Å². The molecule has 2 rings (SSSR count). The maximum absolute atomic E-state index is 11.5. The molecule has 66 valence electrons. The van der Waals surface area contributed by atoms with Gasteiger partial charge in [0.05, 0.1) is 5.69 Å². The van der Waals surface area contributed by atoms with Gasteiger partial charge in [0.15, 0.2) is 5.71 Å². The molecule has 1 aliphatic heterocycles. The zero-order chi connectivity index (χ0) is 9.42. The number of anilines is 1. The lowest BCUT2D eigenvalue weighted by atomic mass is 10.1. The van der Waals surface area contributed by atoms with Gasteiger partial charge in [0.1, 0.15) is 0 Å². The molecule has 0 spiro atoms. The maximum atomic E-state index is 11.5. The molecule has 2 N–H and O–H groups in total. The third-order valence-corrected chi connectivity index (χ3v) is 2.16. The standard InChI is InChI=1S/C9H9N3O/c1-12-7-5-3-2-4-6(7)8(11-10)9(12)13/h2-5H,10H2,1H3/b11-8+. The fraction of sp³-hybridized carbons (Fsp3) is 0.111. The van der Waals surface area contributed by atoms with E-state index >= 15 is 0 Å². The van der Waals surface area contributed by atoms with Crippen LogP contribution in [0.25, 0.3) is 0 Å². The number of nitrogens with zero attached hydrogens (tertiary/aromatic N) is 2. The van der Waals surface area contributed by atoms with Crippen molar-refractivity contribution in [2.45, 2.75) is 0 Å². The Kier molecular flexibility index (Phi) is 1.55. The van der Waals surface area contributed by atoms with Crippen molar-refractivity contribution in [1.29, 1.82) is 0 Å². The first kappa shape index (κ1) is 7.79. The molecule has 0 aliphatic carbocycles. The van der Waals surface area contributed by atoms with Crippen molar-refractivity contribution in [1.82, 2.24) is 0 Å². The largest absolute Gasteiger partial charge is 0.322 e. The smallest absolute Gasteiger partial charge is 0.279 e. The van der Waals surface area contributed by atoms with E-state index in [4.69, 9.17) is 5.84 Å². The predicted octanol–water partition coefficient (Wildman–Crippen LogP) is 0.326. The molecule has 1 aliphatic rings. The van der Waals surface area contributed by atoms with E-state index in [0.29, 0.717) is 5.71 Å². The normalized spacial score (nSPS) is 18.1. The minimum Gasteiger partial charge on any atom is -0.322 e. The van der Waals surface area contributed by atoms with Crippen LogP contribution in [0, 0.1) is 0 Å². The van der Waals surface area contributed by atoms with Crippen LogP contribution < -0.4 is 10.7 Å². The quantitative estimate of drug-likeness (QED) is 0.456. The van der Waals surface area contributed by atoms with Gasteiger partial charge in [-0.3, -0.25) is 4.79 Å². The third kappa shape index (κ3) is 0.917. The number of fused-ring (bicyclic) bond motifs is 1. The van der Waals surface area contributed by atoms with E-state index in [2.05, 4.69) is 5.10 Å². The molecule has 1 heterocycles. The molecule has 0 fully saturated rings. The summed E-state index contributed by atoms with van der Waals surface area (Å²) in [7, 11) is 1.71. The van der Waals surface area contributed by atoms with E-state index in [-0.39, 0.29) is 5.91 Å². The topological polar surface area (TPSA) is 58.7 Å². The lowest BCUT2D eigenvalue weighted by Gasteiger charge is -2.07. The van der Waals surface area contributed by atoms with Crippen molar-refractivity contribution in [3.63, 3.8) is 0 Å². The first-order valence-electron chi connectivity index (χ1n) is 3.91. The first-order valence-corrected chi connectivity index (χ1v) is 3.91. The third-order valence-electron chi connectivity index (χ3n) is 2.16. The van der Waals surface area contributed by atoms with Gasteiger partial charge in [-0.1, -0.05) is 18.2 Å². The van der Waals surface area contributed by atoms with Crippen molar-refractivity contribution in [3.05, 3.63) is 29.8 Å². The molecule has 4 nitrogen and oxygen atoms in total. The highest BCUT2D eigenvalue weighted by Gasteiger charge is 2.30. The number of hydrazone groups is 1. The fourth-order valence-corrected chi connectivity index (χ4v) is 1.47. The molecule has 1 aromatic carbocycles. The molecule has 1 amide bonds. The molecule has 13 heavy (non-hydrogen) atoms. The van der Waals surface area contributed by atoms with Crippen molar-refractivity contribution in [2.24, 2.45) is 10.9 Å². The molecule has 0 saturated heterocycles. The van der Waals surface area contributed by atoms with E-state index in [1.54, 1.807) is 11.9 Å². The Balaban J connectivity index is 2.67. The van der Waals surface area contributed by atoms with Crippen LogP contribution in [0.1, 0.15) is 5.56 Å². The number of amides is 1. The number of hydrogen-bond donors (Lipinski definition) is 1. The Morgan fingerprint density at radius 2 is 2.08 bits per heavy atom. The van der Waals surface area contributed by atoms with Crippen LogP contribution in [0.2, 0.25) is 0 Å². The highest BCUT2D eigenvalue weighted by atomic mass is 16.2. The van der Waals surface area contributed by atoms with E-state index in [1.807, 2.05) is 24.3 Å². The summed E-state index contributed by atoms with van der Waals surface area (Å²) in [6, 6.07) is 7.44. The van der Waals surface area contributed by atoms with Crippen LogP contribution >= 0.6 is 0 Å². The second-order valence-corrected chi connectivity index (χ2v) is 2.86. The first-order chi connectivity index (χ1) is 6.25. The minimum atomic E-state index is -0.149. The second kappa shape index (κ2) is 2.58. The highest BCUT2D eigenvalue weighted by molar-refractivity contribution is 6.54. The fourth-order valence-electron chi connectivity index (χ4n) is 1.47. The van der Waals surface area contributed by atoms with Crippen LogP contribution in [0.15, 0.2) is 29.4 Å². The Morgan fingerprint density at radius 3 is 2.77 bits per heavy atom. The Labute approximate surface area is 75.6 Å². The summed E-state index contributed by atoms with van der Waals surface area (Å²) >= 11 is 0. The molecule has 0 aromatic heterocycles. The summed E-state index contributed by atoms with van der Waals surface area (Å²) in [5.74, 6) is 4.99. The van der Waals surface area contributed by atoms with Gasteiger partial charge in [-0.05, 0) is 6.07 Å². The summed E-state index contributed by atoms with van der Waals surface area (Å²) < 4.78 is 0. The molecule has 0 saturated carbocycles. The van der Waals surface area contributed by atoms with Crippen molar-refractivity contribution < 1.29 is 4.79 Å². The van der Waals surface area contributed by atoms with Gasteiger partial charge in [-0.2, -0.15) is 5.10 Å². The molecule has 0 unspecified atom stereocenters. The number of para-hydroxylation sites is 1. The zero-order valence-electron chi connectivity index (χ0n) is 7.19. The van der Waals surface area contributed by atoms with Crippen LogP contribution in [-0.2, 0) is 4.79 Å². The van der Waals surface area contributed by atoms with Gasteiger partial charge in [-0.15, -0.1) is 0 Å². The average Bonchev–Trinajstić information content (AvgIpc) is 2.41. The number of rotatable bonds is 0. The van der Waals surface area contributed by atoms with Crippen LogP contribution in [0.4, 0.5) is 5.69 Å². The zero-order valence-corrected chi connectivity index (χ0v) is 7.19. The van der Waals surface area contributed by atoms with Gasteiger partial charge in [0.25, 0.3) is 5.91 Å². The number of carbonyl (C=O) groups excluding carboxylic acids is 1. The summed E-state index contributed by atoms with van der Waals surface area (Å²) in [5.41, 5.74) is 1.99. The van der Waals surface area contributed by atoms with Crippen LogP contribution in [0.3, 0.4) is 0 Å². The summed E-state index contributed by atoms with van der Waals surface area (Å²) in [6.07, 6.45) is 0. The lowest BCUT2D eigenvalue weighted by Crippen LogP contribution is -2.26. The number of hydrogen-bond acceptors (Lipinski definition) is 3. The number of nitrogens with two attached hydrogens (primary N) is 1. The number of benzene rings is 1. The SMILES string of the molecule is CN1C(=O)/C(=N/N)c2ccccc21. The maximum Gasteiger partial charge on any atom is 0.279 e. The molecular formula is C9H9N3O. The predicted molar refractivity (Wildman–Crippen MR) is 50.6 cm³/mol. The van der Waals surface area contributed by atoms with Crippen molar-refractivity contribution >= 4 is 17.3 Å². The van der Waals surface area contributed by atoms with E-state index < -0.39 is 0 Å². The second-order valence-electron chi connectivity index (χ2n) is 2.86. The van der Waals surface area contributed by atoms with Gasteiger partial charge in [0.2, 0.25) is 0 Å². The summed E-state index contributed by atoms with van der Waals surface area (Å²) in [4.78, 5) is 13.1. The van der Waals surface area contributed by atoms with Crippen LogP contribution in [0.5, 0.6) is 0 Å². The lowest BCUT2D eigenvalue weighted by molar-refractivity contribution is -0.111. The van der Waals surface area contributed by atoms with Gasteiger partial charge >= 0.3 is 0 Å². The van der Waals surface area contributed by atoms with E-state index in [1.165, 1.54) is 0 Å². The molecule has 0 bridgehead atoms. The van der Waals surface area contributed by atoms with E-state index in [0.717, 1.165) is 11.3 Å². The molecule has 0 radical (unpaired) electrons. The molecule has 0 atom stereocenters. The summed E-state index contributed by atoms with van der Waals surface area (Å²) in [6.45, 7) is 0. The number of carbonyl (C=O) groups is 1. The van der Waals surface area contributed by atoms with Gasteiger partial charge in [0, 0.05) is 12.6 Å². The monoisotopic (exact) mass is 175 g/mol. The summed E-state index contributed by atoms with van der Waals surface area (Å²) in [5, 5.41) is 3.49. The van der Waals surface area contributed by atoms with Crippen molar-refractivity contribution in [2.75, 3.05) is 11.9 Å². The highest BCUT2D eigenvalue weighted by Crippen LogP contribution is 2.26. The molecule has 1 aromatic rings. The number of likely N-dealkylation sites (N-methyl/N-ethyl adjacent to an activating group) is 1. The Bertz CT molecular complexity index is 398. The van der Waals surface area contributed by atoms with E-state index in [9.17, 15) is 4.79 Å². The van der Waals surface area contributed by atoms with Crippen molar-refractivity contribution in [3.8, 4) is 0 Å². The Hall–Kier alpha value is -1.84. The molecule has 4 heteroatoms. The molecular weight excluding hydrogens is 166 g/mol. The minimum absolute atomic E-state index is 0.149. The van der Waals surface area contributed by atoms with Gasteiger partial charge in [-0.25, -0.2) is 0 Å².